The van der Waals surface area contributed by atoms with E-state index in [0.29, 0.717) is 47.0 Å². The van der Waals surface area contributed by atoms with Gasteiger partial charge in [0.05, 0.1) is 11.4 Å². The Hall–Kier alpha value is -9.14. The highest BCUT2D eigenvalue weighted by Crippen LogP contribution is 2.55. The highest BCUT2D eigenvalue weighted by Gasteiger charge is 2.38. The molecule has 0 radical (unpaired) electrons. The van der Waals surface area contributed by atoms with Gasteiger partial charge in [0.2, 0.25) is 0 Å². The molecule has 0 saturated carbocycles. The molecule has 1 aliphatic rings. The second-order valence-corrected chi connectivity index (χ2v) is 20.3. The van der Waals surface area contributed by atoms with Crippen molar-refractivity contribution < 1.29 is 26.3 Å². The normalized spacial score (nSPS) is 13.2. The molecule has 1 aliphatic carbocycles. The summed E-state index contributed by atoms with van der Waals surface area (Å²) < 4.78 is 95.7. The highest BCUT2D eigenvalue weighted by atomic mass is 19.2. The van der Waals surface area contributed by atoms with E-state index < -0.39 is 51.7 Å². The van der Waals surface area contributed by atoms with Crippen LogP contribution in [0.4, 0.5) is 60.5 Å². The second-order valence-electron chi connectivity index (χ2n) is 20.3. The SMILES string of the molecule is CC1(C)c2cc(N(c3c(F)cc(F)cc3F)c3ccc4c5cccc6cccc(c7cccc3c74)c65)ccc2-c2ccc(N(c3c(F)cc(F)cc3F)c3ccc4c5cccc6cccc(c7cccc3c74)c65)cc21. The minimum absolute atomic E-state index is 0.427. The molecule has 15 rings (SSSR count). The molecule has 0 amide bonds. The van der Waals surface area contributed by atoms with Crippen LogP contribution in [0.1, 0.15) is 25.0 Å². The van der Waals surface area contributed by atoms with E-state index in [4.69, 9.17) is 0 Å². The van der Waals surface area contributed by atoms with E-state index in [2.05, 4.69) is 60.7 Å². The van der Waals surface area contributed by atoms with Crippen molar-refractivity contribution in [2.45, 2.75) is 19.3 Å². The Bertz CT molecular complexity index is 4340. The molecule has 75 heavy (non-hydrogen) atoms. The molecule has 0 N–H and O–H groups in total. The predicted molar refractivity (Wildman–Crippen MR) is 296 cm³/mol. The molecule has 14 aromatic carbocycles. The van der Waals surface area contributed by atoms with Crippen LogP contribution in [-0.2, 0) is 5.41 Å². The molecule has 2 nitrogen and oxygen atoms in total. The smallest absolute Gasteiger partial charge is 0.153 e. The zero-order chi connectivity index (χ0) is 50.8. The lowest BCUT2D eigenvalue weighted by Gasteiger charge is -2.31. The Morgan fingerprint density at radius 3 is 0.973 bits per heavy atom. The lowest BCUT2D eigenvalue weighted by atomic mass is 9.82. The largest absolute Gasteiger partial charge is 0.305 e. The molecule has 0 saturated heterocycles. The summed E-state index contributed by atoms with van der Waals surface area (Å²) in [5.74, 6) is -6.37. The van der Waals surface area contributed by atoms with Gasteiger partial charge in [-0.05, 0) is 134 Å². The summed E-state index contributed by atoms with van der Waals surface area (Å²) in [5, 5.41) is 16.0. The highest BCUT2D eigenvalue weighted by molar-refractivity contribution is 6.35. The maximum Gasteiger partial charge on any atom is 0.153 e. The van der Waals surface area contributed by atoms with E-state index in [1.165, 1.54) is 9.80 Å². The fourth-order valence-electron chi connectivity index (χ4n) is 12.9. The van der Waals surface area contributed by atoms with Gasteiger partial charge < -0.3 is 9.80 Å². The van der Waals surface area contributed by atoms with Crippen LogP contribution in [-0.4, -0.2) is 0 Å². The molecule has 0 atom stereocenters. The van der Waals surface area contributed by atoms with E-state index >= 15 is 17.6 Å². The zero-order valence-electron chi connectivity index (χ0n) is 40.1. The van der Waals surface area contributed by atoms with Crippen molar-refractivity contribution in [3.8, 4) is 11.1 Å². The van der Waals surface area contributed by atoms with Crippen molar-refractivity contribution in [1.29, 1.82) is 0 Å². The van der Waals surface area contributed by atoms with Crippen LogP contribution in [0.25, 0.3) is 97.3 Å². The molecule has 0 bridgehead atoms. The standard InChI is InChI=1S/C67H38F6N2/c1-67(2)53-33-39(74(65-55(70)29-37(68)30-56(65)71)59-27-25-49-45-15-5-11-35-9-3-13-43(61(35)45)47-17-7-19-51(59)63(47)49)21-23-41(53)42-24-22-40(34-54(42)67)75(66-57(72)31-38(69)32-58(66)73)60-28-26-50-46-16-6-12-36-10-4-14-44(62(36)46)48-18-8-20-52(60)64(48)50/h3-34H,1-2H3. The number of rotatable bonds is 6. The first-order valence-electron chi connectivity index (χ1n) is 24.8. The van der Waals surface area contributed by atoms with E-state index in [9.17, 15) is 8.78 Å². The van der Waals surface area contributed by atoms with Crippen molar-refractivity contribution in [2.24, 2.45) is 0 Å². The van der Waals surface area contributed by atoms with Crippen molar-refractivity contribution in [1.82, 2.24) is 0 Å². The average molecular weight is 985 g/mol. The number of hydrogen-bond acceptors (Lipinski definition) is 2. The third-order valence-electron chi connectivity index (χ3n) is 16.1. The van der Waals surface area contributed by atoms with Gasteiger partial charge in [0.15, 0.2) is 23.3 Å². The fraction of sp³-hybridized carbons (Fsp3) is 0.0448. The lowest BCUT2D eigenvalue weighted by molar-refractivity contribution is 0.544. The van der Waals surface area contributed by atoms with Crippen LogP contribution in [0.15, 0.2) is 194 Å². The van der Waals surface area contributed by atoms with Gasteiger partial charge >= 0.3 is 0 Å². The van der Waals surface area contributed by atoms with Crippen LogP contribution in [0, 0.1) is 34.9 Å². The van der Waals surface area contributed by atoms with Crippen molar-refractivity contribution in [3.63, 3.8) is 0 Å². The van der Waals surface area contributed by atoms with Gasteiger partial charge in [0, 0.05) is 51.8 Å². The maximum absolute atomic E-state index is 16.5. The van der Waals surface area contributed by atoms with Gasteiger partial charge in [0.25, 0.3) is 0 Å². The summed E-state index contributed by atoms with van der Waals surface area (Å²) in [7, 11) is 0. The van der Waals surface area contributed by atoms with Gasteiger partial charge in [-0.15, -0.1) is 0 Å². The summed E-state index contributed by atoms with van der Waals surface area (Å²) in [6.07, 6.45) is 0. The number of fused-ring (bicyclic) bond motifs is 7. The Kier molecular flexibility index (Phi) is 8.95. The van der Waals surface area contributed by atoms with E-state index in [0.717, 1.165) is 108 Å². The van der Waals surface area contributed by atoms with Gasteiger partial charge in [0.1, 0.15) is 23.0 Å². The second kappa shape index (κ2) is 15.4. The molecular formula is C67H38F6N2. The molecule has 0 aromatic heterocycles. The molecule has 8 heteroatoms. The number of anilines is 6. The minimum Gasteiger partial charge on any atom is -0.305 e. The summed E-state index contributed by atoms with van der Waals surface area (Å²) in [4.78, 5) is 3.08. The molecule has 14 aromatic rings. The number of hydrogen-bond donors (Lipinski definition) is 0. The van der Waals surface area contributed by atoms with Gasteiger partial charge in [-0.2, -0.15) is 0 Å². The number of benzene rings is 14. The summed E-state index contributed by atoms with van der Waals surface area (Å²) in [6, 6.07) is 58.7. The third-order valence-corrected chi connectivity index (χ3v) is 16.1. The Morgan fingerprint density at radius 2 is 0.613 bits per heavy atom. The molecule has 358 valence electrons. The van der Waals surface area contributed by atoms with Crippen molar-refractivity contribution in [3.05, 3.63) is 240 Å². The van der Waals surface area contributed by atoms with Crippen LogP contribution in [0.2, 0.25) is 0 Å². The molecule has 0 unspecified atom stereocenters. The third kappa shape index (κ3) is 5.99. The van der Waals surface area contributed by atoms with Crippen LogP contribution < -0.4 is 9.80 Å². The Balaban J connectivity index is 0.924. The Labute approximate surface area is 425 Å². The van der Waals surface area contributed by atoms with Crippen molar-refractivity contribution >= 4 is 120 Å². The van der Waals surface area contributed by atoms with Crippen LogP contribution >= 0.6 is 0 Å². The topological polar surface area (TPSA) is 6.48 Å². The van der Waals surface area contributed by atoms with Gasteiger partial charge in [-0.25, -0.2) is 26.3 Å². The van der Waals surface area contributed by atoms with Crippen LogP contribution in [0.5, 0.6) is 0 Å². The molecular weight excluding hydrogens is 947 g/mol. The summed E-state index contributed by atoms with van der Waals surface area (Å²) >= 11 is 0. The first kappa shape index (κ1) is 43.4. The van der Waals surface area contributed by atoms with Gasteiger partial charge in [-0.1, -0.05) is 147 Å². The predicted octanol–water partition coefficient (Wildman–Crippen LogP) is 19.9. The van der Waals surface area contributed by atoms with E-state index in [1.54, 1.807) is 0 Å². The Morgan fingerprint density at radius 1 is 0.307 bits per heavy atom. The molecule has 0 aliphatic heterocycles. The number of nitrogens with zero attached hydrogens (tertiary/aromatic N) is 2. The zero-order valence-corrected chi connectivity index (χ0v) is 40.1. The fourth-order valence-corrected chi connectivity index (χ4v) is 12.9. The van der Waals surface area contributed by atoms with Crippen LogP contribution in [0.3, 0.4) is 0 Å². The van der Waals surface area contributed by atoms with E-state index in [1.807, 2.05) is 123 Å². The lowest BCUT2D eigenvalue weighted by Crippen LogP contribution is -2.19. The monoisotopic (exact) mass is 984 g/mol. The molecule has 0 fully saturated rings. The number of halogens is 6. The summed E-state index contributed by atoms with van der Waals surface area (Å²) in [5.41, 5.74) is 3.50. The quantitative estimate of drug-likeness (QED) is 0.0931. The maximum atomic E-state index is 16.5. The molecule has 0 spiro atoms. The molecule has 0 heterocycles. The first-order valence-corrected chi connectivity index (χ1v) is 24.8. The first-order chi connectivity index (χ1) is 36.4. The van der Waals surface area contributed by atoms with E-state index in [-0.39, 0.29) is 0 Å². The summed E-state index contributed by atoms with van der Waals surface area (Å²) in [6.45, 7) is 4.08. The average Bonchev–Trinajstić information content (AvgIpc) is 3.65. The van der Waals surface area contributed by atoms with Crippen molar-refractivity contribution in [2.75, 3.05) is 9.80 Å². The van der Waals surface area contributed by atoms with Gasteiger partial charge in [-0.3, -0.25) is 0 Å². The minimum atomic E-state index is -1.07.